The molecule has 2 aromatic carbocycles. The summed E-state index contributed by atoms with van der Waals surface area (Å²) in [6.07, 6.45) is 7.17. The Hall–Kier alpha value is -4.57. The number of morpholine rings is 1. The van der Waals surface area contributed by atoms with Crippen LogP contribution in [0.15, 0.2) is 76.3 Å². The highest BCUT2D eigenvalue weighted by atomic mass is 16.5. The Bertz CT molecular complexity index is 1590. The molecular formula is C32H33N7O3. The topological polar surface area (TPSA) is 118 Å². The first-order valence-corrected chi connectivity index (χ1v) is 14.7. The van der Waals surface area contributed by atoms with Crippen LogP contribution in [0.5, 0.6) is 0 Å². The van der Waals surface area contributed by atoms with Gasteiger partial charge in [-0.2, -0.15) is 0 Å². The highest BCUT2D eigenvalue weighted by molar-refractivity contribution is 6.19. The lowest BCUT2D eigenvalue weighted by atomic mass is 9.84. The average Bonchev–Trinajstić information content (AvgIpc) is 3.47. The number of hydrogen-bond donors (Lipinski definition) is 2. The zero-order valence-corrected chi connectivity index (χ0v) is 23.3. The van der Waals surface area contributed by atoms with Gasteiger partial charge >= 0.3 is 6.01 Å². The van der Waals surface area contributed by atoms with E-state index in [9.17, 15) is 4.79 Å². The SMILES string of the molecule is O=C1Nc2ccccc2C(c2ccccc2)=NC1Nc1nnc(-c2ncc(C3CCCCC3)cc2N2CCOCC2)o1. The molecule has 1 unspecified atom stereocenters. The number of benzodiazepines with no additional fused rings is 1. The average molecular weight is 564 g/mol. The maximum Gasteiger partial charge on any atom is 0.317 e. The molecule has 2 fully saturated rings. The molecule has 0 radical (unpaired) electrons. The fraction of sp³-hybridized carbons (Fsp3) is 0.344. The Morgan fingerprint density at radius 2 is 1.71 bits per heavy atom. The largest absolute Gasteiger partial charge is 0.402 e. The van der Waals surface area contributed by atoms with E-state index in [2.05, 4.69) is 31.8 Å². The summed E-state index contributed by atoms with van der Waals surface area (Å²) in [6.45, 7) is 2.85. The van der Waals surface area contributed by atoms with Crippen LogP contribution in [0.1, 0.15) is 54.7 Å². The number of aliphatic imine (C=N–C) groups is 1. The highest BCUT2D eigenvalue weighted by Gasteiger charge is 2.28. The smallest absolute Gasteiger partial charge is 0.317 e. The zero-order chi connectivity index (χ0) is 28.3. The summed E-state index contributed by atoms with van der Waals surface area (Å²) >= 11 is 0. The number of aromatic nitrogens is 3. The van der Waals surface area contributed by atoms with Gasteiger partial charge in [0.15, 0.2) is 5.69 Å². The summed E-state index contributed by atoms with van der Waals surface area (Å²) < 4.78 is 11.7. The number of para-hydroxylation sites is 1. The molecule has 10 nitrogen and oxygen atoms in total. The van der Waals surface area contributed by atoms with Crippen LogP contribution in [0.2, 0.25) is 0 Å². The first-order valence-electron chi connectivity index (χ1n) is 14.7. The number of pyridine rings is 1. The van der Waals surface area contributed by atoms with Crippen LogP contribution in [-0.4, -0.2) is 59.3 Å². The van der Waals surface area contributed by atoms with Gasteiger partial charge in [0.25, 0.3) is 11.8 Å². The molecule has 4 heterocycles. The number of rotatable bonds is 6. The maximum atomic E-state index is 13.3. The lowest BCUT2D eigenvalue weighted by molar-refractivity contribution is -0.116. The molecule has 1 atom stereocenters. The number of fused-ring (bicyclic) bond motifs is 1. The van der Waals surface area contributed by atoms with Gasteiger partial charge in [-0.05, 0) is 36.5 Å². The van der Waals surface area contributed by atoms with Gasteiger partial charge in [-0.3, -0.25) is 4.79 Å². The fourth-order valence-corrected chi connectivity index (χ4v) is 6.01. The molecule has 2 N–H and O–H groups in total. The minimum absolute atomic E-state index is 0.0957. The third-order valence-electron chi connectivity index (χ3n) is 8.20. The van der Waals surface area contributed by atoms with Gasteiger partial charge in [-0.15, -0.1) is 5.10 Å². The molecule has 3 aliphatic rings. The fourth-order valence-electron chi connectivity index (χ4n) is 6.01. The molecule has 1 amide bonds. The van der Waals surface area contributed by atoms with E-state index in [-0.39, 0.29) is 11.9 Å². The van der Waals surface area contributed by atoms with Gasteiger partial charge in [0.2, 0.25) is 6.17 Å². The normalized spacial score (nSPS) is 19.4. The van der Waals surface area contributed by atoms with E-state index in [1.807, 2.05) is 60.8 Å². The second-order valence-electron chi connectivity index (χ2n) is 10.9. The monoisotopic (exact) mass is 563 g/mol. The number of carbonyl (C=O) groups is 1. The number of ether oxygens (including phenoxy) is 1. The summed E-state index contributed by atoms with van der Waals surface area (Å²) in [4.78, 5) is 25.2. The molecule has 0 spiro atoms. The molecule has 7 rings (SSSR count). The van der Waals surface area contributed by atoms with Crippen molar-refractivity contribution in [3.05, 3.63) is 83.6 Å². The van der Waals surface area contributed by atoms with Crippen LogP contribution in [0.25, 0.3) is 11.6 Å². The van der Waals surface area contributed by atoms with Crippen LogP contribution in [-0.2, 0) is 9.53 Å². The quantitative estimate of drug-likeness (QED) is 0.327. The van der Waals surface area contributed by atoms with Crippen LogP contribution in [0.4, 0.5) is 17.4 Å². The van der Waals surface area contributed by atoms with Crippen molar-refractivity contribution in [1.82, 2.24) is 15.2 Å². The van der Waals surface area contributed by atoms with Crippen molar-refractivity contribution >= 4 is 29.0 Å². The van der Waals surface area contributed by atoms with Crippen molar-refractivity contribution in [2.24, 2.45) is 4.99 Å². The molecule has 10 heteroatoms. The lowest BCUT2D eigenvalue weighted by Gasteiger charge is -2.31. The second-order valence-corrected chi connectivity index (χ2v) is 10.9. The molecule has 2 aromatic heterocycles. The Morgan fingerprint density at radius 3 is 2.55 bits per heavy atom. The van der Waals surface area contributed by atoms with Crippen LogP contribution < -0.4 is 15.5 Å². The van der Waals surface area contributed by atoms with E-state index in [0.717, 1.165) is 29.9 Å². The Kier molecular flexibility index (Phi) is 7.36. The van der Waals surface area contributed by atoms with E-state index in [0.29, 0.717) is 42.1 Å². The van der Waals surface area contributed by atoms with Gasteiger partial charge in [0, 0.05) is 30.4 Å². The number of hydrogen-bond acceptors (Lipinski definition) is 9. The highest BCUT2D eigenvalue weighted by Crippen LogP contribution is 2.37. The number of anilines is 3. The van der Waals surface area contributed by atoms with E-state index < -0.39 is 6.17 Å². The molecule has 1 saturated carbocycles. The molecule has 214 valence electrons. The number of nitrogens with zero attached hydrogens (tertiary/aromatic N) is 5. The van der Waals surface area contributed by atoms with Crippen LogP contribution >= 0.6 is 0 Å². The molecule has 42 heavy (non-hydrogen) atoms. The van der Waals surface area contributed by atoms with Crippen LogP contribution in [0, 0.1) is 0 Å². The predicted octanol–water partition coefficient (Wildman–Crippen LogP) is 5.24. The second kappa shape index (κ2) is 11.7. The molecule has 2 aliphatic heterocycles. The summed E-state index contributed by atoms with van der Waals surface area (Å²) in [5.74, 6) is 0.491. The third kappa shape index (κ3) is 5.37. The van der Waals surface area contributed by atoms with Gasteiger partial charge < -0.3 is 24.7 Å². The number of nitrogens with one attached hydrogen (secondary N) is 2. The minimum atomic E-state index is -0.985. The van der Waals surface area contributed by atoms with Gasteiger partial charge in [0.05, 0.1) is 30.3 Å². The Morgan fingerprint density at radius 1 is 0.929 bits per heavy atom. The van der Waals surface area contributed by atoms with Crippen molar-refractivity contribution in [1.29, 1.82) is 0 Å². The van der Waals surface area contributed by atoms with Crippen molar-refractivity contribution in [2.45, 2.75) is 44.2 Å². The first kappa shape index (κ1) is 26.3. The lowest BCUT2D eigenvalue weighted by Crippen LogP contribution is -2.36. The van der Waals surface area contributed by atoms with Gasteiger partial charge in [-0.25, -0.2) is 9.98 Å². The predicted molar refractivity (Wildman–Crippen MR) is 161 cm³/mol. The summed E-state index contributed by atoms with van der Waals surface area (Å²) in [5.41, 5.74) is 5.98. The molecular weight excluding hydrogens is 530 g/mol. The number of benzene rings is 2. The molecule has 4 aromatic rings. The number of carbonyl (C=O) groups excluding carboxylic acids is 1. The Balaban J connectivity index is 1.20. The van der Waals surface area contributed by atoms with E-state index in [1.54, 1.807) is 0 Å². The first-order chi connectivity index (χ1) is 20.7. The standard InChI is InChI=1S/C32H33N7O3/c40-30-29(35-27(22-11-5-2-6-12-22)24-13-7-8-14-25(24)34-30)36-32-38-37-31(42-32)28-26(39-15-17-41-18-16-39)19-23(20-33-28)21-9-3-1-4-10-21/h2,5-8,11-14,19-21,29H,1,3-4,9-10,15-18H2,(H,34,40)(H,36,38). The maximum absolute atomic E-state index is 13.3. The van der Waals surface area contributed by atoms with Gasteiger partial charge in [-0.1, -0.05) is 72.9 Å². The van der Waals surface area contributed by atoms with Crippen molar-refractivity contribution in [2.75, 3.05) is 41.8 Å². The zero-order valence-electron chi connectivity index (χ0n) is 23.3. The summed E-state index contributed by atoms with van der Waals surface area (Å²) in [6, 6.07) is 19.8. The van der Waals surface area contributed by atoms with E-state index in [1.165, 1.54) is 37.7 Å². The molecule has 0 bridgehead atoms. The Labute approximate surface area is 244 Å². The third-order valence-corrected chi connectivity index (χ3v) is 8.20. The van der Waals surface area contributed by atoms with E-state index in [4.69, 9.17) is 19.1 Å². The van der Waals surface area contributed by atoms with Crippen LogP contribution in [0.3, 0.4) is 0 Å². The minimum Gasteiger partial charge on any atom is -0.402 e. The summed E-state index contributed by atoms with van der Waals surface area (Å²) in [7, 11) is 0. The molecule has 1 aliphatic carbocycles. The van der Waals surface area contributed by atoms with Gasteiger partial charge in [0.1, 0.15) is 0 Å². The van der Waals surface area contributed by atoms with Crippen molar-refractivity contribution in [3.8, 4) is 11.6 Å². The van der Waals surface area contributed by atoms with Crippen molar-refractivity contribution in [3.63, 3.8) is 0 Å². The van der Waals surface area contributed by atoms with Crippen molar-refractivity contribution < 1.29 is 13.9 Å². The summed E-state index contributed by atoms with van der Waals surface area (Å²) in [5, 5.41) is 14.6. The van der Waals surface area contributed by atoms with E-state index >= 15 is 0 Å². The number of amides is 1. The molecule has 1 saturated heterocycles.